The van der Waals surface area contributed by atoms with E-state index in [0.717, 1.165) is 5.56 Å². The van der Waals surface area contributed by atoms with Crippen LogP contribution in [-0.4, -0.2) is 38.5 Å². The van der Waals surface area contributed by atoms with Gasteiger partial charge in [-0.15, -0.1) is 10.2 Å². The van der Waals surface area contributed by atoms with Crippen LogP contribution in [0, 0.1) is 5.82 Å². The third-order valence-corrected chi connectivity index (χ3v) is 4.70. The molecule has 1 amide bonds. The van der Waals surface area contributed by atoms with Gasteiger partial charge < -0.3 is 14.6 Å². The summed E-state index contributed by atoms with van der Waals surface area (Å²) in [6.45, 7) is 4.12. The SMILES string of the molecule is CCOC(=O)Cc1nnc(S[C@@H](C)C(=O)NCc2ccc(F)cc2)n1C. The summed E-state index contributed by atoms with van der Waals surface area (Å²) < 4.78 is 19.5. The van der Waals surface area contributed by atoms with Crippen molar-refractivity contribution < 1.29 is 18.7 Å². The van der Waals surface area contributed by atoms with Crippen LogP contribution in [0.5, 0.6) is 0 Å². The fourth-order valence-corrected chi connectivity index (χ4v) is 2.95. The fourth-order valence-electron chi connectivity index (χ4n) is 2.09. The Morgan fingerprint density at radius 2 is 2.00 bits per heavy atom. The lowest BCUT2D eigenvalue weighted by atomic mass is 10.2. The zero-order valence-electron chi connectivity index (χ0n) is 14.9. The van der Waals surface area contributed by atoms with Crippen molar-refractivity contribution in [2.24, 2.45) is 7.05 Å². The lowest BCUT2D eigenvalue weighted by Crippen LogP contribution is -2.30. The first-order valence-corrected chi connectivity index (χ1v) is 9.01. The van der Waals surface area contributed by atoms with E-state index in [0.29, 0.717) is 24.1 Å². The third kappa shape index (κ3) is 5.55. The maximum Gasteiger partial charge on any atom is 0.313 e. The first-order valence-electron chi connectivity index (χ1n) is 8.13. The van der Waals surface area contributed by atoms with Gasteiger partial charge in [0, 0.05) is 13.6 Å². The van der Waals surface area contributed by atoms with Gasteiger partial charge >= 0.3 is 5.97 Å². The van der Waals surface area contributed by atoms with Gasteiger partial charge in [-0.1, -0.05) is 23.9 Å². The lowest BCUT2D eigenvalue weighted by Gasteiger charge is -2.11. The molecule has 9 heteroatoms. The van der Waals surface area contributed by atoms with Gasteiger partial charge in [0.15, 0.2) is 5.16 Å². The van der Waals surface area contributed by atoms with Gasteiger partial charge in [-0.25, -0.2) is 4.39 Å². The monoisotopic (exact) mass is 380 g/mol. The summed E-state index contributed by atoms with van der Waals surface area (Å²) in [5, 5.41) is 10.9. The van der Waals surface area contributed by atoms with Crippen molar-refractivity contribution in [3.05, 3.63) is 41.5 Å². The van der Waals surface area contributed by atoms with Crippen molar-refractivity contribution in [2.75, 3.05) is 6.61 Å². The molecular weight excluding hydrogens is 359 g/mol. The van der Waals surface area contributed by atoms with E-state index in [1.165, 1.54) is 23.9 Å². The molecule has 0 aliphatic rings. The first-order chi connectivity index (χ1) is 12.4. The Morgan fingerprint density at radius 3 is 2.65 bits per heavy atom. The molecule has 0 unspecified atom stereocenters. The average molecular weight is 380 g/mol. The number of hydrogen-bond donors (Lipinski definition) is 1. The molecule has 1 N–H and O–H groups in total. The second kappa shape index (κ2) is 9.33. The van der Waals surface area contributed by atoms with Crippen molar-refractivity contribution in [3.8, 4) is 0 Å². The van der Waals surface area contributed by atoms with E-state index < -0.39 is 5.25 Å². The number of amides is 1. The van der Waals surface area contributed by atoms with Crippen LogP contribution in [0.2, 0.25) is 0 Å². The molecule has 26 heavy (non-hydrogen) atoms. The van der Waals surface area contributed by atoms with Crippen molar-refractivity contribution in [1.29, 1.82) is 0 Å². The number of aromatic nitrogens is 3. The zero-order chi connectivity index (χ0) is 19.1. The molecule has 2 rings (SSSR count). The van der Waals surface area contributed by atoms with Crippen LogP contribution >= 0.6 is 11.8 Å². The van der Waals surface area contributed by atoms with E-state index in [9.17, 15) is 14.0 Å². The molecule has 0 radical (unpaired) electrons. The maximum absolute atomic E-state index is 12.9. The van der Waals surface area contributed by atoms with Crippen molar-refractivity contribution >= 4 is 23.6 Å². The maximum atomic E-state index is 12.9. The molecule has 0 saturated heterocycles. The largest absolute Gasteiger partial charge is 0.466 e. The smallest absolute Gasteiger partial charge is 0.313 e. The molecule has 1 heterocycles. The summed E-state index contributed by atoms with van der Waals surface area (Å²) in [7, 11) is 1.74. The molecule has 0 aliphatic carbocycles. The van der Waals surface area contributed by atoms with Crippen molar-refractivity contribution in [3.63, 3.8) is 0 Å². The van der Waals surface area contributed by atoms with Crippen LogP contribution in [0.25, 0.3) is 0 Å². The molecule has 1 aromatic carbocycles. The first kappa shape index (κ1) is 19.9. The average Bonchev–Trinajstić information content (AvgIpc) is 2.94. The van der Waals surface area contributed by atoms with Crippen LogP contribution in [-0.2, 0) is 34.3 Å². The predicted molar refractivity (Wildman–Crippen MR) is 94.9 cm³/mol. The van der Waals surface area contributed by atoms with Crippen LogP contribution in [0.1, 0.15) is 25.2 Å². The van der Waals surface area contributed by atoms with E-state index in [4.69, 9.17) is 4.74 Å². The van der Waals surface area contributed by atoms with E-state index in [1.54, 1.807) is 37.6 Å². The van der Waals surface area contributed by atoms with Gasteiger partial charge in [-0.3, -0.25) is 9.59 Å². The number of rotatable bonds is 8. The van der Waals surface area contributed by atoms with Crippen LogP contribution in [0.15, 0.2) is 29.4 Å². The number of esters is 1. The van der Waals surface area contributed by atoms with Gasteiger partial charge in [-0.2, -0.15) is 0 Å². The second-order valence-corrected chi connectivity index (χ2v) is 6.85. The molecule has 140 valence electrons. The van der Waals surface area contributed by atoms with Gasteiger partial charge in [0.2, 0.25) is 5.91 Å². The summed E-state index contributed by atoms with van der Waals surface area (Å²) in [6, 6.07) is 5.95. The normalized spacial score (nSPS) is 11.8. The molecular formula is C17H21FN4O3S. The number of nitrogens with one attached hydrogen (secondary N) is 1. The lowest BCUT2D eigenvalue weighted by molar-refractivity contribution is -0.142. The molecule has 2 aromatic rings. The third-order valence-electron chi connectivity index (χ3n) is 3.56. The van der Waals surface area contributed by atoms with E-state index in [1.807, 2.05) is 0 Å². The Bertz CT molecular complexity index is 764. The van der Waals surface area contributed by atoms with E-state index in [2.05, 4.69) is 15.5 Å². The zero-order valence-corrected chi connectivity index (χ0v) is 15.7. The van der Waals surface area contributed by atoms with Gasteiger partial charge in [0.05, 0.1) is 11.9 Å². The molecule has 0 saturated carbocycles. The van der Waals surface area contributed by atoms with Gasteiger partial charge in [-0.05, 0) is 31.5 Å². The minimum atomic E-state index is -0.409. The van der Waals surface area contributed by atoms with Crippen molar-refractivity contribution in [2.45, 2.75) is 37.2 Å². The number of benzene rings is 1. The Morgan fingerprint density at radius 1 is 1.31 bits per heavy atom. The van der Waals surface area contributed by atoms with E-state index >= 15 is 0 Å². The molecule has 0 fully saturated rings. The summed E-state index contributed by atoms with van der Waals surface area (Å²) in [4.78, 5) is 23.8. The minimum absolute atomic E-state index is 0.0308. The Balaban J connectivity index is 1.89. The number of hydrogen-bond acceptors (Lipinski definition) is 6. The molecule has 0 bridgehead atoms. The topological polar surface area (TPSA) is 86.1 Å². The highest BCUT2D eigenvalue weighted by atomic mass is 32.2. The number of halogens is 1. The van der Waals surface area contributed by atoms with Crippen molar-refractivity contribution in [1.82, 2.24) is 20.1 Å². The fraction of sp³-hybridized carbons (Fsp3) is 0.412. The van der Waals surface area contributed by atoms with E-state index in [-0.39, 0.29) is 24.1 Å². The quantitative estimate of drug-likeness (QED) is 0.556. The minimum Gasteiger partial charge on any atom is -0.466 e. The Kier molecular flexibility index (Phi) is 7.14. The highest BCUT2D eigenvalue weighted by Crippen LogP contribution is 2.21. The highest BCUT2D eigenvalue weighted by molar-refractivity contribution is 8.00. The summed E-state index contributed by atoms with van der Waals surface area (Å²) in [6.07, 6.45) is 0.0308. The summed E-state index contributed by atoms with van der Waals surface area (Å²) >= 11 is 1.24. The Labute approximate surface area is 155 Å². The Hall–Kier alpha value is -2.42. The van der Waals surface area contributed by atoms with Crippen LogP contribution in [0.3, 0.4) is 0 Å². The number of nitrogens with zero attached hydrogens (tertiary/aromatic N) is 3. The van der Waals surface area contributed by atoms with Gasteiger partial charge in [0.25, 0.3) is 0 Å². The molecule has 1 aromatic heterocycles. The number of ether oxygens (including phenoxy) is 1. The predicted octanol–water partition coefficient (Wildman–Crippen LogP) is 1.86. The number of carbonyl (C=O) groups is 2. The number of thioether (sulfide) groups is 1. The molecule has 1 atom stereocenters. The second-order valence-electron chi connectivity index (χ2n) is 5.54. The molecule has 0 spiro atoms. The number of carbonyl (C=O) groups excluding carboxylic acids is 2. The summed E-state index contributed by atoms with van der Waals surface area (Å²) in [5.74, 6) is -0.381. The van der Waals surface area contributed by atoms with Crippen LogP contribution < -0.4 is 5.32 Å². The summed E-state index contributed by atoms with van der Waals surface area (Å²) in [5.41, 5.74) is 0.812. The van der Waals surface area contributed by atoms with Gasteiger partial charge in [0.1, 0.15) is 18.1 Å². The molecule has 0 aliphatic heterocycles. The van der Waals surface area contributed by atoms with Crippen LogP contribution in [0.4, 0.5) is 4.39 Å². The standard InChI is InChI=1S/C17H21FN4O3S/c1-4-25-15(23)9-14-20-21-17(22(14)3)26-11(2)16(24)19-10-12-5-7-13(18)8-6-12/h5-8,11H,4,9-10H2,1-3H3,(H,19,24)/t11-/m0/s1. The molecule has 7 nitrogen and oxygen atoms in total. The highest BCUT2D eigenvalue weighted by Gasteiger charge is 2.19.